The number of benzene rings is 2. The van der Waals surface area contributed by atoms with Crippen molar-refractivity contribution < 1.29 is 18.7 Å². The molecule has 0 aliphatic heterocycles. The van der Waals surface area contributed by atoms with Crippen LogP contribution >= 0.6 is 11.3 Å². The van der Waals surface area contributed by atoms with Crippen molar-refractivity contribution in [1.82, 2.24) is 0 Å². The Morgan fingerprint density at radius 3 is 2.31 bits per heavy atom. The SMILES string of the molecule is COC(=O)c1c(NC(=O)CCc2ccc(C)cc2)sc(C)c1-c1ccc(F)cc1. The molecule has 0 aliphatic rings. The number of carbonyl (C=O) groups excluding carboxylic acids is 2. The molecule has 29 heavy (non-hydrogen) atoms. The van der Waals surface area contributed by atoms with Crippen LogP contribution in [0.15, 0.2) is 48.5 Å². The van der Waals surface area contributed by atoms with Crippen LogP contribution in [-0.4, -0.2) is 19.0 Å². The summed E-state index contributed by atoms with van der Waals surface area (Å²) < 4.78 is 18.2. The first kappa shape index (κ1) is 20.7. The molecule has 4 nitrogen and oxygen atoms in total. The highest BCUT2D eigenvalue weighted by molar-refractivity contribution is 7.17. The molecule has 0 fully saturated rings. The smallest absolute Gasteiger partial charge is 0.341 e. The molecule has 1 aromatic heterocycles. The number of carbonyl (C=O) groups is 2. The molecule has 3 aromatic rings. The highest BCUT2D eigenvalue weighted by atomic mass is 32.1. The Balaban J connectivity index is 1.83. The van der Waals surface area contributed by atoms with Crippen LogP contribution in [0.5, 0.6) is 0 Å². The van der Waals surface area contributed by atoms with Crippen molar-refractivity contribution in [1.29, 1.82) is 0 Å². The Kier molecular flexibility index (Phi) is 6.44. The van der Waals surface area contributed by atoms with Gasteiger partial charge in [-0.25, -0.2) is 9.18 Å². The molecular weight excluding hydrogens is 389 g/mol. The number of methoxy groups -OCH3 is 1. The quantitative estimate of drug-likeness (QED) is 0.543. The van der Waals surface area contributed by atoms with Gasteiger partial charge < -0.3 is 10.1 Å². The number of hydrogen-bond donors (Lipinski definition) is 1. The summed E-state index contributed by atoms with van der Waals surface area (Å²) in [7, 11) is 1.30. The lowest BCUT2D eigenvalue weighted by Crippen LogP contribution is -2.14. The molecular formula is C23H22FNO3S. The Labute approximate surface area is 173 Å². The summed E-state index contributed by atoms with van der Waals surface area (Å²) in [4.78, 5) is 25.8. The van der Waals surface area contributed by atoms with Gasteiger partial charge in [-0.1, -0.05) is 42.0 Å². The van der Waals surface area contributed by atoms with Gasteiger partial charge in [-0.05, 0) is 43.5 Å². The topological polar surface area (TPSA) is 55.4 Å². The van der Waals surface area contributed by atoms with Crippen molar-refractivity contribution in [3.63, 3.8) is 0 Å². The predicted molar refractivity (Wildman–Crippen MR) is 114 cm³/mol. The standard InChI is InChI=1S/C23H22FNO3S/c1-14-4-6-16(7-5-14)8-13-19(26)25-22-21(23(27)28-3)20(15(2)29-22)17-9-11-18(24)12-10-17/h4-7,9-12H,8,13H2,1-3H3,(H,25,26). The van der Waals surface area contributed by atoms with Gasteiger partial charge in [0.15, 0.2) is 0 Å². The first-order chi connectivity index (χ1) is 13.9. The van der Waals surface area contributed by atoms with E-state index in [1.807, 2.05) is 38.1 Å². The number of ether oxygens (including phenoxy) is 1. The maximum absolute atomic E-state index is 13.3. The molecule has 2 aromatic carbocycles. The molecule has 0 bridgehead atoms. The lowest BCUT2D eigenvalue weighted by atomic mass is 10.0. The lowest BCUT2D eigenvalue weighted by Gasteiger charge is -2.08. The first-order valence-electron chi connectivity index (χ1n) is 9.22. The largest absolute Gasteiger partial charge is 0.465 e. The minimum atomic E-state index is -0.539. The monoisotopic (exact) mass is 411 g/mol. The third-order valence-electron chi connectivity index (χ3n) is 4.62. The summed E-state index contributed by atoms with van der Waals surface area (Å²) in [5.74, 6) is -1.07. The molecule has 1 amide bonds. The van der Waals surface area contributed by atoms with Crippen LogP contribution in [-0.2, 0) is 16.0 Å². The Morgan fingerprint density at radius 1 is 1.03 bits per heavy atom. The van der Waals surface area contributed by atoms with Gasteiger partial charge in [0, 0.05) is 16.9 Å². The van der Waals surface area contributed by atoms with Gasteiger partial charge in [0.05, 0.1) is 7.11 Å². The van der Waals surface area contributed by atoms with Crippen LogP contribution in [0.25, 0.3) is 11.1 Å². The Bertz CT molecular complexity index is 1020. The van der Waals surface area contributed by atoms with E-state index < -0.39 is 5.97 Å². The third-order valence-corrected chi connectivity index (χ3v) is 5.64. The summed E-state index contributed by atoms with van der Waals surface area (Å²) in [5.41, 5.74) is 3.89. The van der Waals surface area contributed by atoms with Crippen LogP contribution < -0.4 is 5.32 Å². The molecule has 0 spiro atoms. The molecule has 0 saturated heterocycles. The van der Waals surface area contributed by atoms with Gasteiger partial charge in [-0.2, -0.15) is 0 Å². The van der Waals surface area contributed by atoms with Gasteiger partial charge in [0.2, 0.25) is 5.91 Å². The van der Waals surface area contributed by atoms with Gasteiger partial charge in [-0.15, -0.1) is 11.3 Å². The summed E-state index contributed by atoms with van der Waals surface area (Å²) in [6.07, 6.45) is 0.904. The second-order valence-electron chi connectivity index (χ2n) is 6.77. The van der Waals surface area contributed by atoms with Crippen molar-refractivity contribution in [2.24, 2.45) is 0 Å². The van der Waals surface area contributed by atoms with Crippen LogP contribution in [0.3, 0.4) is 0 Å². The number of thiophene rings is 1. The molecule has 1 heterocycles. The van der Waals surface area contributed by atoms with E-state index in [-0.39, 0.29) is 11.7 Å². The minimum Gasteiger partial charge on any atom is -0.465 e. The molecule has 0 unspecified atom stereocenters. The summed E-state index contributed by atoms with van der Waals surface area (Å²) in [5, 5.41) is 3.30. The van der Waals surface area contributed by atoms with Gasteiger partial charge >= 0.3 is 5.97 Å². The van der Waals surface area contributed by atoms with E-state index in [9.17, 15) is 14.0 Å². The molecule has 0 radical (unpaired) electrons. The highest BCUT2D eigenvalue weighted by Crippen LogP contribution is 2.40. The van der Waals surface area contributed by atoms with Crippen molar-refractivity contribution in [3.05, 3.63) is 75.9 Å². The molecule has 1 N–H and O–H groups in total. The number of aryl methyl sites for hydroxylation is 3. The van der Waals surface area contributed by atoms with E-state index in [0.717, 1.165) is 10.4 Å². The van der Waals surface area contributed by atoms with E-state index in [1.54, 1.807) is 12.1 Å². The van der Waals surface area contributed by atoms with Crippen LogP contribution in [0.4, 0.5) is 9.39 Å². The number of esters is 1. The van der Waals surface area contributed by atoms with Crippen LogP contribution in [0.2, 0.25) is 0 Å². The number of amides is 1. The average Bonchev–Trinajstić information content (AvgIpc) is 3.03. The van der Waals surface area contributed by atoms with Crippen LogP contribution in [0, 0.1) is 19.7 Å². The Morgan fingerprint density at radius 2 is 1.69 bits per heavy atom. The second-order valence-corrected chi connectivity index (χ2v) is 7.99. The normalized spacial score (nSPS) is 10.6. The Hall–Kier alpha value is -2.99. The first-order valence-corrected chi connectivity index (χ1v) is 10.0. The zero-order chi connectivity index (χ0) is 21.0. The molecule has 3 rings (SSSR count). The molecule has 6 heteroatoms. The zero-order valence-corrected chi connectivity index (χ0v) is 17.4. The molecule has 0 aliphatic carbocycles. The molecule has 150 valence electrons. The highest BCUT2D eigenvalue weighted by Gasteiger charge is 2.25. The number of anilines is 1. The van der Waals surface area contributed by atoms with Crippen molar-refractivity contribution in [2.75, 3.05) is 12.4 Å². The van der Waals surface area contributed by atoms with Crippen molar-refractivity contribution >= 4 is 28.2 Å². The van der Waals surface area contributed by atoms with E-state index in [4.69, 9.17) is 4.74 Å². The number of hydrogen-bond acceptors (Lipinski definition) is 4. The fraction of sp³-hybridized carbons (Fsp3) is 0.217. The van der Waals surface area contributed by atoms with Crippen molar-refractivity contribution in [2.45, 2.75) is 26.7 Å². The molecule has 0 saturated carbocycles. The van der Waals surface area contributed by atoms with E-state index in [2.05, 4.69) is 5.32 Å². The minimum absolute atomic E-state index is 0.178. The number of nitrogens with one attached hydrogen (secondary N) is 1. The van der Waals surface area contributed by atoms with Gasteiger partial charge in [-0.3, -0.25) is 4.79 Å². The van der Waals surface area contributed by atoms with Gasteiger partial charge in [0.25, 0.3) is 0 Å². The summed E-state index contributed by atoms with van der Waals surface area (Å²) in [6.45, 7) is 3.88. The fourth-order valence-corrected chi connectivity index (χ4v) is 4.18. The average molecular weight is 411 g/mol. The van der Waals surface area contributed by atoms with E-state index >= 15 is 0 Å². The second kappa shape index (κ2) is 9.01. The third kappa shape index (κ3) is 4.90. The molecule has 0 atom stereocenters. The van der Waals surface area contributed by atoms with Gasteiger partial charge in [0.1, 0.15) is 16.4 Å². The maximum Gasteiger partial charge on any atom is 0.341 e. The fourth-order valence-electron chi connectivity index (χ4n) is 3.10. The number of halogens is 1. The summed E-state index contributed by atoms with van der Waals surface area (Å²) >= 11 is 1.31. The lowest BCUT2D eigenvalue weighted by molar-refractivity contribution is -0.116. The maximum atomic E-state index is 13.3. The van der Waals surface area contributed by atoms with Crippen LogP contribution in [0.1, 0.15) is 32.8 Å². The van der Waals surface area contributed by atoms with E-state index in [1.165, 1.54) is 36.1 Å². The van der Waals surface area contributed by atoms with E-state index in [0.29, 0.717) is 34.5 Å². The zero-order valence-electron chi connectivity index (χ0n) is 16.5. The number of rotatable bonds is 6. The predicted octanol–water partition coefficient (Wildman–Crippen LogP) is 5.53. The summed E-state index contributed by atoms with van der Waals surface area (Å²) in [6, 6.07) is 13.9. The van der Waals surface area contributed by atoms with Crippen molar-refractivity contribution in [3.8, 4) is 11.1 Å².